The molecule has 1 amide bonds. The molecule has 0 aliphatic carbocycles. The third-order valence-electron chi connectivity index (χ3n) is 8.53. The zero-order valence-corrected chi connectivity index (χ0v) is 22.2. The Morgan fingerprint density at radius 3 is 2.36 bits per heavy atom. The number of amides is 1. The molecular weight excluding hydrogens is 482 g/mol. The summed E-state index contributed by atoms with van der Waals surface area (Å²) >= 11 is 0. The predicted octanol–water partition coefficient (Wildman–Crippen LogP) is 6.31. The third-order valence-corrected chi connectivity index (χ3v) is 8.53. The van der Waals surface area contributed by atoms with E-state index in [-0.39, 0.29) is 5.91 Å². The molecule has 39 heavy (non-hydrogen) atoms. The van der Waals surface area contributed by atoms with Crippen LogP contribution in [0.1, 0.15) is 42.5 Å². The lowest BCUT2D eigenvalue weighted by Gasteiger charge is -2.40. The van der Waals surface area contributed by atoms with Gasteiger partial charge in [0, 0.05) is 48.0 Å². The van der Waals surface area contributed by atoms with Crippen LogP contribution < -0.4 is 0 Å². The van der Waals surface area contributed by atoms with Crippen LogP contribution in [0.4, 0.5) is 0 Å². The van der Waals surface area contributed by atoms with Crippen LogP contribution in [-0.4, -0.2) is 62.3 Å². The van der Waals surface area contributed by atoms with Gasteiger partial charge in [0.1, 0.15) is 5.65 Å². The summed E-state index contributed by atoms with van der Waals surface area (Å²) in [6.45, 7) is 4.16. The first-order valence-corrected chi connectivity index (χ1v) is 14.2. The first-order valence-electron chi connectivity index (χ1n) is 14.2. The highest BCUT2D eigenvalue weighted by molar-refractivity contribution is 5.94. The number of carbonyl (C=O) groups excluding carboxylic acids is 1. The lowest BCUT2D eigenvalue weighted by atomic mass is 9.99. The summed E-state index contributed by atoms with van der Waals surface area (Å²) in [5.41, 5.74) is 6.97. The maximum Gasteiger partial charge on any atom is 0.253 e. The molecule has 6 nitrogen and oxygen atoms in total. The van der Waals surface area contributed by atoms with E-state index >= 15 is 0 Å². The Labute approximate surface area is 228 Å². The van der Waals surface area contributed by atoms with E-state index < -0.39 is 0 Å². The maximum atomic E-state index is 13.3. The van der Waals surface area contributed by atoms with Crippen molar-refractivity contribution < 1.29 is 4.79 Å². The molecule has 2 fully saturated rings. The summed E-state index contributed by atoms with van der Waals surface area (Å²) in [5.74, 6) is 0.150. The molecule has 196 valence electrons. The number of rotatable bonds is 4. The van der Waals surface area contributed by atoms with E-state index in [2.05, 4.69) is 67.9 Å². The van der Waals surface area contributed by atoms with E-state index in [1.807, 2.05) is 41.6 Å². The van der Waals surface area contributed by atoms with E-state index in [0.717, 1.165) is 70.4 Å². The molecule has 5 aromatic rings. The SMILES string of the molecule is O=C(c1ccc(-c2ccc3ncc(-c4ccc5ncccc5c4)n3c2)cc1)N1CCC(N2CCCCC2)CC1. The smallest absolute Gasteiger partial charge is 0.253 e. The minimum absolute atomic E-state index is 0.150. The van der Waals surface area contributed by atoms with E-state index in [1.165, 1.54) is 32.4 Å². The predicted molar refractivity (Wildman–Crippen MR) is 156 cm³/mol. The summed E-state index contributed by atoms with van der Waals surface area (Å²) in [5, 5.41) is 1.11. The van der Waals surface area contributed by atoms with Crippen LogP contribution in [0.3, 0.4) is 0 Å². The Morgan fingerprint density at radius 2 is 1.54 bits per heavy atom. The molecule has 0 atom stereocenters. The number of hydrogen-bond acceptors (Lipinski definition) is 4. The van der Waals surface area contributed by atoms with Crippen molar-refractivity contribution in [1.82, 2.24) is 24.2 Å². The average molecular weight is 516 g/mol. The first kappa shape index (κ1) is 24.0. The number of carbonyl (C=O) groups is 1. The number of piperidine rings is 2. The standard InChI is InChI=1S/C33H33N5O/c39-33(37-19-14-29(15-20-37)36-17-2-1-3-18-36)25-8-6-24(7-9-25)28-11-13-32-35-22-31(38(32)23-28)27-10-12-30-26(21-27)5-4-16-34-30/h4-13,16,21-23,29H,1-3,14-15,17-20H2. The van der Waals surface area contributed by atoms with Crippen LogP contribution in [0.25, 0.3) is 38.9 Å². The van der Waals surface area contributed by atoms with Crippen LogP contribution in [0.2, 0.25) is 0 Å². The Bertz CT molecular complexity index is 1630. The fourth-order valence-corrected chi connectivity index (χ4v) is 6.31. The van der Waals surface area contributed by atoms with Gasteiger partial charge in [0.25, 0.3) is 5.91 Å². The molecule has 2 aliphatic heterocycles. The van der Waals surface area contributed by atoms with Crippen molar-refractivity contribution in [3.63, 3.8) is 0 Å². The number of benzene rings is 2. The molecule has 2 aromatic carbocycles. The van der Waals surface area contributed by atoms with Crippen molar-refractivity contribution in [2.24, 2.45) is 0 Å². The van der Waals surface area contributed by atoms with E-state index in [4.69, 9.17) is 0 Å². The van der Waals surface area contributed by atoms with Gasteiger partial charge >= 0.3 is 0 Å². The molecule has 0 unspecified atom stereocenters. The summed E-state index contributed by atoms with van der Waals surface area (Å²) < 4.78 is 2.14. The van der Waals surface area contributed by atoms with Crippen LogP contribution in [0.15, 0.2) is 85.3 Å². The molecule has 6 heteroatoms. The highest BCUT2D eigenvalue weighted by Gasteiger charge is 2.28. The molecule has 0 saturated carbocycles. The van der Waals surface area contributed by atoms with Gasteiger partial charge in [-0.3, -0.25) is 14.2 Å². The minimum atomic E-state index is 0.150. The monoisotopic (exact) mass is 515 g/mol. The summed E-state index contributed by atoms with van der Waals surface area (Å²) in [6.07, 6.45) is 12.1. The van der Waals surface area contributed by atoms with Gasteiger partial charge in [0.05, 0.1) is 17.4 Å². The Balaban J connectivity index is 1.08. The van der Waals surface area contributed by atoms with Crippen molar-refractivity contribution in [2.45, 2.75) is 38.1 Å². The minimum Gasteiger partial charge on any atom is -0.339 e. The number of imidazole rings is 1. The molecule has 0 spiro atoms. The first-order chi connectivity index (χ1) is 19.2. The summed E-state index contributed by atoms with van der Waals surface area (Å²) in [6, 6.07) is 23.2. The quantitative estimate of drug-likeness (QED) is 0.282. The second-order valence-electron chi connectivity index (χ2n) is 10.9. The van der Waals surface area contributed by atoms with Gasteiger partial charge in [-0.25, -0.2) is 4.98 Å². The highest BCUT2D eigenvalue weighted by atomic mass is 16.2. The lowest BCUT2D eigenvalue weighted by molar-refractivity contribution is 0.0590. The van der Waals surface area contributed by atoms with E-state index in [0.29, 0.717) is 6.04 Å². The Morgan fingerprint density at radius 1 is 0.769 bits per heavy atom. The number of aromatic nitrogens is 3. The molecule has 3 aromatic heterocycles. The molecule has 2 aliphatic rings. The molecule has 7 rings (SSSR count). The van der Waals surface area contributed by atoms with Crippen molar-refractivity contribution in [3.05, 3.63) is 90.9 Å². The molecular formula is C33H33N5O. The molecule has 2 saturated heterocycles. The number of likely N-dealkylation sites (tertiary alicyclic amines) is 2. The van der Waals surface area contributed by atoms with Crippen molar-refractivity contribution in [2.75, 3.05) is 26.2 Å². The van der Waals surface area contributed by atoms with Crippen LogP contribution in [-0.2, 0) is 0 Å². The molecule has 0 N–H and O–H groups in total. The fraction of sp³-hybridized carbons (Fsp3) is 0.303. The van der Waals surface area contributed by atoms with E-state index in [1.54, 1.807) is 0 Å². The van der Waals surface area contributed by atoms with Gasteiger partial charge in [-0.1, -0.05) is 30.7 Å². The summed E-state index contributed by atoms with van der Waals surface area (Å²) in [7, 11) is 0. The second-order valence-corrected chi connectivity index (χ2v) is 10.9. The number of fused-ring (bicyclic) bond motifs is 2. The fourth-order valence-electron chi connectivity index (χ4n) is 6.31. The van der Waals surface area contributed by atoms with Crippen molar-refractivity contribution in [3.8, 4) is 22.4 Å². The second kappa shape index (κ2) is 10.3. The molecule has 0 radical (unpaired) electrons. The number of nitrogens with zero attached hydrogens (tertiary/aromatic N) is 5. The van der Waals surface area contributed by atoms with Crippen LogP contribution in [0.5, 0.6) is 0 Å². The van der Waals surface area contributed by atoms with Gasteiger partial charge in [-0.2, -0.15) is 0 Å². The summed E-state index contributed by atoms with van der Waals surface area (Å²) in [4.78, 5) is 27.0. The topological polar surface area (TPSA) is 53.7 Å². The van der Waals surface area contributed by atoms with Gasteiger partial charge in [0.2, 0.25) is 0 Å². The molecule has 0 bridgehead atoms. The van der Waals surface area contributed by atoms with Crippen molar-refractivity contribution >= 4 is 22.5 Å². The van der Waals surface area contributed by atoms with E-state index in [9.17, 15) is 4.79 Å². The zero-order chi connectivity index (χ0) is 26.2. The number of hydrogen-bond donors (Lipinski definition) is 0. The van der Waals surface area contributed by atoms with Gasteiger partial charge in [-0.15, -0.1) is 0 Å². The Kier molecular flexibility index (Phi) is 6.33. The normalized spacial score (nSPS) is 17.2. The highest BCUT2D eigenvalue weighted by Crippen LogP contribution is 2.28. The van der Waals surface area contributed by atoms with Crippen LogP contribution >= 0.6 is 0 Å². The van der Waals surface area contributed by atoms with Gasteiger partial charge < -0.3 is 9.80 Å². The maximum absolute atomic E-state index is 13.3. The van der Waals surface area contributed by atoms with Crippen molar-refractivity contribution in [1.29, 1.82) is 0 Å². The largest absolute Gasteiger partial charge is 0.339 e. The average Bonchev–Trinajstić information content (AvgIpc) is 3.44. The lowest BCUT2D eigenvalue weighted by Crippen LogP contribution is -2.48. The third kappa shape index (κ3) is 4.70. The Hall–Kier alpha value is -4.03. The van der Waals surface area contributed by atoms with Gasteiger partial charge in [0.15, 0.2) is 0 Å². The number of pyridine rings is 2. The van der Waals surface area contributed by atoms with Gasteiger partial charge in [-0.05, 0) is 92.4 Å². The van der Waals surface area contributed by atoms with Crippen LogP contribution in [0, 0.1) is 0 Å². The zero-order valence-electron chi connectivity index (χ0n) is 22.2. The molecule has 5 heterocycles.